The van der Waals surface area contributed by atoms with Crippen molar-refractivity contribution in [1.82, 2.24) is 13.9 Å². The van der Waals surface area contributed by atoms with Gasteiger partial charge in [-0.05, 0) is 39.2 Å². The number of likely N-dealkylation sites (N-methyl/N-ethyl adjacent to an activating group) is 1. The lowest BCUT2D eigenvalue weighted by Gasteiger charge is -2.41. The van der Waals surface area contributed by atoms with E-state index in [0.29, 0.717) is 19.6 Å². The third-order valence-corrected chi connectivity index (χ3v) is 6.60. The summed E-state index contributed by atoms with van der Waals surface area (Å²) in [5.74, 6) is 0. The first-order chi connectivity index (χ1) is 9.57. The molecule has 0 aromatic rings. The van der Waals surface area contributed by atoms with Gasteiger partial charge >= 0.3 is 0 Å². The number of nitrogens with one attached hydrogen (secondary N) is 1. The van der Waals surface area contributed by atoms with Gasteiger partial charge in [0.2, 0.25) is 0 Å². The minimum Gasteiger partial charge on any atom is -0.313 e. The van der Waals surface area contributed by atoms with E-state index in [1.54, 1.807) is 8.61 Å². The van der Waals surface area contributed by atoms with Gasteiger partial charge in [0.05, 0.1) is 0 Å². The van der Waals surface area contributed by atoms with Crippen LogP contribution in [0.5, 0.6) is 0 Å². The Hall–Kier alpha value is -0.170. The standard InChI is InChI=1S/C14H29N3O2S/c1-3-15-13(2)14-9-5-8-12-17(14)20(18,19)16-10-6-4-7-11-16/h13-15H,3-12H2,1-2H3. The average molecular weight is 303 g/mol. The molecular weight excluding hydrogens is 274 g/mol. The highest BCUT2D eigenvalue weighted by molar-refractivity contribution is 7.86. The molecule has 0 spiro atoms. The highest BCUT2D eigenvalue weighted by Crippen LogP contribution is 2.26. The number of nitrogens with zero attached hydrogens (tertiary/aromatic N) is 2. The first kappa shape index (κ1) is 16.2. The first-order valence-corrected chi connectivity index (χ1v) is 9.47. The van der Waals surface area contributed by atoms with Crippen molar-refractivity contribution in [2.75, 3.05) is 26.2 Å². The van der Waals surface area contributed by atoms with Crippen LogP contribution in [0, 0.1) is 0 Å². The number of hydrogen-bond acceptors (Lipinski definition) is 3. The molecule has 2 aliphatic rings. The van der Waals surface area contributed by atoms with Crippen LogP contribution in [0.2, 0.25) is 0 Å². The Bertz CT molecular complexity index is 393. The second-order valence-electron chi connectivity index (χ2n) is 5.99. The second kappa shape index (κ2) is 7.20. The van der Waals surface area contributed by atoms with Crippen LogP contribution in [0.25, 0.3) is 0 Å². The van der Waals surface area contributed by atoms with Crippen molar-refractivity contribution in [2.45, 2.75) is 64.5 Å². The summed E-state index contributed by atoms with van der Waals surface area (Å²) in [4.78, 5) is 0. The van der Waals surface area contributed by atoms with Gasteiger partial charge in [0, 0.05) is 31.7 Å². The van der Waals surface area contributed by atoms with E-state index in [2.05, 4.69) is 19.2 Å². The maximum absolute atomic E-state index is 12.9. The molecule has 0 saturated carbocycles. The molecule has 0 aromatic carbocycles. The summed E-state index contributed by atoms with van der Waals surface area (Å²) in [7, 11) is -3.27. The zero-order chi connectivity index (χ0) is 14.6. The summed E-state index contributed by atoms with van der Waals surface area (Å²) >= 11 is 0. The number of rotatable bonds is 5. The van der Waals surface area contributed by atoms with Crippen LogP contribution in [0.3, 0.4) is 0 Å². The van der Waals surface area contributed by atoms with Crippen molar-refractivity contribution in [2.24, 2.45) is 0 Å². The van der Waals surface area contributed by atoms with E-state index >= 15 is 0 Å². The third-order valence-electron chi connectivity index (χ3n) is 4.54. The van der Waals surface area contributed by atoms with Crippen molar-refractivity contribution in [3.8, 4) is 0 Å². The lowest BCUT2D eigenvalue weighted by atomic mass is 9.99. The van der Waals surface area contributed by atoms with Gasteiger partial charge in [-0.1, -0.05) is 19.8 Å². The smallest absolute Gasteiger partial charge is 0.282 e. The Kier molecular flexibility index (Phi) is 5.84. The monoisotopic (exact) mass is 303 g/mol. The molecule has 20 heavy (non-hydrogen) atoms. The van der Waals surface area contributed by atoms with Crippen molar-refractivity contribution >= 4 is 10.2 Å². The minimum atomic E-state index is -3.27. The van der Waals surface area contributed by atoms with Crippen molar-refractivity contribution < 1.29 is 8.42 Å². The molecule has 1 N–H and O–H groups in total. The van der Waals surface area contributed by atoms with Gasteiger partial charge in [-0.15, -0.1) is 0 Å². The molecule has 2 unspecified atom stereocenters. The molecule has 2 fully saturated rings. The van der Waals surface area contributed by atoms with Crippen LogP contribution in [-0.4, -0.2) is 55.3 Å². The van der Waals surface area contributed by atoms with Gasteiger partial charge in [-0.2, -0.15) is 17.0 Å². The largest absolute Gasteiger partial charge is 0.313 e. The van der Waals surface area contributed by atoms with Crippen LogP contribution in [-0.2, 0) is 10.2 Å². The van der Waals surface area contributed by atoms with Gasteiger partial charge in [-0.3, -0.25) is 0 Å². The summed E-state index contributed by atoms with van der Waals surface area (Å²) in [5, 5.41) is 3.40. The van der Waals surface area contributed by atoms with Crippen LogP contribution in [0.15, 0.2) is 0 Å². The van der Waals surface area contributed by atoms with Gasteiger partial charge in [0.1, 0.15) is 0 Å². The average Bonchev–Trinajstić information content (AvgIpc) is 2.48. The van der Waals surface area contributed by atoms with E-state index in [0.717, 1.165) is 45.1 Å². The van der Waals surface area contributed by atoms with E-state index in [9.17, 15) is 8.42 Å². The van der Waals surface area contributed by atoms with Crippen molar-refractivity contribution in [3.05, 3.63) is 0 Å². The van der Waals surface area contributed by atoms with Gasteiger partial charge in [0.25, 0.3) is 10.2 Å². The SMILES string of the molecule is CCNC(C)C1CCCCN1S(=O)(=O)N1CCCCC1. The lowest BCUT2D eigenvalue weighted by molar-refractivity contribution is 0.191. The summed E-state index contributed by atoms with van der Waals surface area (Å²) in [6.07, 6.45) is 6.25. The summed E-state index contributed by atoms with van der Waals surface area (Å²) in [5.41, 5.74) is 0. The molecular formula is C14H29N3O2S. The lowest BCUT2D eigenvalue weighted by Crippen LogP contribution is -2.57. The summed E-state index contributed by atoms with van der Waals surface area (Å²) < 4.78 is 29.2. The maximum atomic E-state index is 12.9. The molecule has 2 atom stereocenters. The predicted octanol–water partition coefficient (Wildman–Crippen LogP) is 1.57. The molecule has 2 rings (SSSR count). The third kappa shape index (κ3) is 3.53. The Morgan fingerprint density at radius 3 is 2.40 bits per heavy atom. The maximum Gasteiger partial charge on any atom is 0.282 e. The number of hydrogen-bond donors (Lipinski definition) is 1. The number of piperidine rings is 2. The predicted molar refractivity (Wildman–Crippen MR) is 81.8 cm³/mol. The molecule has 2 saturated heterocycles. The Balaban J connectivity index is 2.13. The fourth-order valence-corrected chi connectivity index (χ4v) is 5.43. The van der Waals surface area contributed by atoms with Gasteiger partial charge in [-0.25, -0.2) is 0 Å². The molecule has 2 aliphatic heterocycles. The zero-order valence-electron chi connectivity index (χ0n) is 12.8. The van der Waals surface area contributed by atoms with E-state index in [1.807, 2.05) is 0 Å². The Morgan fingerprint density at radius 2 is 1.75 bits per heavy atom. The van der Waals surface area contributed by atoms with Crippen LogP contribution in [0.1, 0.15) is 52.4 Å². The Morgan fingerprint density at radius 1 is 1.10 bits per heavy atom. The fraction of sp³-hybridized carbons (Fsp3) is 1.00. The highest BCUT2D eigenvalue weighted by Gasteiger charge is 2.38. The zero-order valence-corrected chi connectivity index (χ0v) is 13.7. The van der Waals surface area contributed by atoms with Gasteiger partial charge < -0.3 is 5.32 Å². The minimum absolute atomic E-state index is 0.107. The normalized spacial score (nSPS) is 28.4. The van der Waals surface area contributed by atoms with Crippen LogP contribution >= 0.6 is 0 Å². The molecule has 2 heterocycles. The molecule has 6 heteroatoms. The molecule has 0 radical (unpaired) electrons. The van der Waals surface area contributed by atoms with Crippen molar-refractivity contribution in [3.63, 3.8) is 0 Å². The first-order valence-electron chi connectivity index (χ1n) is 8.07. The molecule has 0 amide bonds. The summed E-state index contributed by atoms with van der Waals surface area (Å²) in [6.45, 7) is 7.14. The summed E-state index contributed by atoms with van der Waals surface area (Å²) in [6, 6.07) is 0.329. The Labute approximate surface area is 123 Å². The van der Waals surface area contributed by atoms with Crippen LogP contribution < -0.4 is 5.32 Å². The van der Waals surface area contributed by atoms with Crippen molar-refractivity contribution in [1.29, 1.82) is 0 Å². The van der Waals surface area contributed by atoms with E-state index < -0.39 is 10.2 Å². The second-order valence-corrected chi connectivity index (χ2v) is 7.87. The molecule has 0 aromatic heterocycles. The fourth-order valence-electron chi connectivity index (χ4n) is 3.42. The molecule has 118 valence electrons. The molecule has 0 bridgehead atoms. The highest BCUT2D eigenvalue weighted by atomic mass is 32.2. The van der Waals surface area contributed by atoms with Crippen LogP contribution in [0.4, 0.5) is 0 Å². The molecule has 0 aliphatic carbocycles. The van der Waals surface area contributed by atoms with E-state index in [4.69, 9.17) is 0 Å². The topological polar surface area (TPSA) is 52.7 Å². The van der Waals surface area contributed by atoms with Gasteiger partial charge in [0.15, 0.2) is 0 Å². The van der Waals surface area contributed by atoms with E-state index in [-0.39, 0.29) is 12.1 Å². The molecule has 5 nitrogen and oxygen atoms in total. The quantitative estimate of drug-likeness (QED) is 0.839. The van der Waals surface area contributed by atoms with E-state index in [1.165, 1.54) is 0 Å².